The van der Waals surface area contributed by atoms with Gasteiger partial charge in [-0.25, -0.2) is 4.79 Å². The van der Waals surface area contributed by atoms with Crippen molar-refractivity contribution >= 4 is 6.09 Å². The van der Waals surface area contributed by atoms with E-state index in [-0.39, 0.29) is 6.61 Å². The molecule has 0 radical (unpaired) electrons. The summed E-state index contributed by atoms with van der Waals surface area (Å²) in [5, 5.41) is 14.1. The second-order valence-corrected chi connectivity index (χ2v) is 6.71. The molecule has 0 bridgehead atoms. The lowest BCUT2D eigenvalue weighted by molar-refractivity contribution is -0.0315. The summed E-state index contributed by atoms with van der Waals surface area (Å²) in [7, 11) is 0. The molecule has 3 rings (SSSR count). The van der Waals surface area contributed by atoms with Crippen LogP contribution in [0.5, 0.6) is 0 Å². The van der Waals surface area contributed by atoms with E-state index in [1.54, 1.807) is 0 Å². The Kier molecular flexibility index (Phi) is 5.71. The third kappa shape index (κ3) is 4.60. The first-order valence-corrected chi connectivity index (χ1v) is 8.92. The summed E-state index contributed by atoms with van der Waals surface area (Å²) < 4.78 is 5.35. The highest BCUT2D eigenvalue weighted by molar-refractivity contribution is 5.68. The molecule has 0 heterocycles. The lowest BCUT2D eigenvalue weighted by atomic mass is 9.77. The maximum absolute atomic E-state index is 12.3. The monoisotopic (exact) mass is 339 g/mol. The van der Waals surface area contributed by atoms with Crippen LogP contribution in [0.1, 0.15) is 49.3 Å². The fraction of sp³-hybridized carbons (Fsp3) is 0.381. The Labute approximate surface area is 148 Å². The molecule has 0 saturated heterocycles. The maximum Gasteiger partial charge on any atom is 0.408 e. The number of alkyl carbamates (subject to hydrolysis) is 1. The molecule has 1 aliphatic carbocycles. The Morgan fingerprint density at radius 1 is 1.00 bits per heavy atom. The molecule has 25 heavy (non-hydrogen) atoms. The zero-order chi connectivity index (χ0) is 17.5. The number of ether oxygens (including phenoxy) is 1. The van der Waals surface area contributed by atoms with E-state index in [1.807, 2.05) is 60.7 Å². The Bertz CT molecular complexity index is 666. The molecule has 2 N–H and O–H groups in total. The predicted molar refractivity (Wildman–Crippen MR) is 97.0 cm³/mol. The molecule has 0 aromatic heterocycles. The number of hydrogen-bond acceptors (Lipinski definition) is 3. The largest absolute Gasteiger partial charge is 0.445 e. The number of rotatable bonds is 5. The summed E-state index contributed by atoms with van der Waals surface area (Å²) in [6.07, 6.45) is 3.94. The average molecular weight is 339 g/mol. The van der Waals surface area contributed by atoms with Crippen LogP contribution in [0.15, 0.2) is 60.7 Å². The first-order chi connectivity index (χ1) is 12.2. The van der Waals surface area contributed by atoms with Gasteiger partial charge in [-0.15, -0.1) is 0 Å². The van der Waals surface area contributed by atoms with E-state index in [2.05, 4.69) is 5.32 Å². The van der Waals surface area contributed by atoms with Gasteiger partial charge in [-0.1, -0.05) is 79.9 Å². The van der Waals surface area contributed by atoms with Gasteiger partial charge in [0.1, 0.15) is 6.61 Å². The van der Waals surface area contributed by atoms with Crippen molar-refractivity contribution in [3.63, 3.8) is 0 Å². The predicted octanol–water partition coefficient (Wildman–Crippen LogP) is 4.35. The van der Waals surface area contributed by atoms with E-state index >= 15 is 0 Å². The summed E-state index contributed by atoms with van der Waals surface area (Å²) in [4.78, 5) is 12.3. The molecular weight excluding hydrogens is 314 g/mol. The Balaban J connectivity index is 1.70. The Hall–Kier alpha value is -2.33. The van der Waals surface area contributed by atoms with E-state index < -0.39 is 17.7 Å². The minimum Gasteiger partial charge on any atom is -0.445 e. The van der Waals surface area contributed by atoms with Crippen LogP contribution in [0.3, 0.4) is 0 Å². The Morgan fingerprint density at radius 3 is 2.24 bits per heavy atom. The minimum absolute atomic E-state index is 0.215. The van der Waals surface area contributed by atoms with Crippen LogP contribution in [0, 0.1) is 0 Å². The summed E-state index contributed by atoms with van der Waals surface area (Å²) in [6, 6.07) is 18.8. The molecule has 1 unspecified atom stereocenters. The molecule has 2 aromatic carbocycles. The quantitative estimate of drug-likeness (QED) is 0.851. The van der Waals surface area contributed by atoms with Gasteiger partial charge in [0.25, 0.3) is 0 Å². The number of nitrogens with one attached hydrogen (secondary N) is 1. The van der Waals surface area contributed by atoms with Crippen LogP contribution in [0.2, 0.25) is 0 Å². The number of amides is 1. The van der Waals surface area contributed by atoms with E-state index in [0.717, 1.165) is 30.4 Å². The first kappa shape index (κ1) is 17.5. The van der Waals surface area contributed by atoms with Crippen LogP contribution < -0.4 is 5.32 Å². The SMILES string of the molecule is O=C(NC(c1ccccc1)C1(O)CCCCC1)OCc1ccccc1. The van der Waals surface area contributed by atoms with Gasteiger partial charge in [-0.2, -0.15) is 0 Å². The summed E-state index contributed by atoms with van der Waals surface area (Å²) in [5.41, 5.74) is 0.916. The molecule has 0 aliphatic heterocycles. The molecule has 4 heteroatoms. The fourth-order valence-electron chi connectivity index (χ4n) is 3.51. The van der Waals surface area contributed by atoms with Gasteiger partial charge >= 0.3 is 6.09 Å². The van der Waals surface area contributed by atoms with Crippen molar-refractivity contribution in [1.29, 1.82) is 0 Å². The standard InChI is InChI=1S/C21H25NO3/c23-20(25-16-17-10-4-1-5-11-17)22-19(18-12-6-2-7-13-18)21(24)14-8-3-9-15-21/h1-2,4-7,10-13,19,24H,3,8-9,14-16H2,(H,22,23). The second-order valence-electron chi connectivity index (χ2n) is 6.71. The zero-order valence-electron chi connectivity index (χ0n) is 14.4. The molecule has 1 aliphatic rings. The normalized spacial score (nSPS) is 17.5. The van der Waals surface area contributed by atoms with Gasteiger partial charge in [0.05, 0.1) is 11.6 Å². The molecule has 1 fully saturated rings. The molecule has 1 atom stereocenters. The molecule has 0 spiro atoms. The highest BCUT2D eigenvalue weighted by Crippen LogP contribution is 2.38. The molecule has 2 aromatic rings. The van der Waals surface area contributed by atoms with Crippen molar-refractivity contribution in [3.05, 3.63) is 71.8 Å². The van der Waals surface area contributed by atoms with Crippen LogP contribution in [-0.2, 0) is 11.3 Å². The van der Waals surface area contributed by atoms with Gasteiger partial charge < -0.3 is 15.2 Å². The van der Waals surface area contributed by atoms with E-state index in [1.165, 1.54) is 0 Å². The topological polar surface area (TPSA) is 58.6 Å². The highest BCUT2D eigenvalue weighted by Gasteiger charge is 2.39. The van der Waals surface area contributed by atoms with Crippen molar-refractivity contribution in [2.45, 2.75) is 50.4 Å². The summed E-state index contributed by atoms with van der Waals surface area (Å²) in [5.74, 6) is 0. The number of aliphatic hydroxyl groups is 1. The molecule has 132 valence electrons. The third-order valence-electron chi connectivity index (χ3n) is 4.86. The van der Waals surface area contributed by atoms with Gasteiger partial charge in [-0.05, 0) is 24.0 Å². The lowest BCUT2D eigenvalue weighted by Gasteiger charge is -2.39. The van der Waals surface area contributed by atoms with Gasteiger partial charge in [0, 0.05) is 0 Å². The fourth-order valence-corrected chi connectivity index (χ4v) is 3.51. The summed E-state index contributed by atoms with van der Waals surface area (Å²) in [6.45, 7) is 0.215. The maximum atomic E-state index is 12.3. The van der Waals surface area contributed by atoms with E-state index in [4.69, 9.17) is 4.74 Å². The molecule has 4 nitrogen and oxygen atoms in total. The van der Waals surface area contributed by atoms with E-state index in [0.29, 0.717) is 12.8 Å². The number of carbonyl (C=O) groups excluding carboxylic acids is 1. The van der Waals surface area contributed by atoms with Crippen LogP contribution in [0.25, 0.3) is 0 Å². The third-order valence-corrected chi connectivity index (χ3v) is 4.86. The van der Waals surface area contributed by atoms with Crippen LogP contribution >= 0.6 is 0 Å². The second kappa shape index (κ2) is 8.17. The Morgan fingerprint density at radius 2 is 1.60 bits per heavy atom. The van der Waals surface area contributed by atoms with Crippen molar-refractivity contribution in [2.24, 2.45) is 0 Å². The number of hydrogen-bond donors (Lipinski definition) is 2. The van der Waals surface area contributed by atoms with Gasteiger partial charge in [0.15, 0.2) is 0 Å². The first-order valence-electron chi connectivity index (χ1n) is 8.92. The van der Waals surface area contributed by atoms with Crippen molar-refractivity contribution in [2.75, 3.05) is 0 Å². The highest BCUT2D eigenvalue weighted by atomic mass is 16.5. The van der Waals surface area contributed by atoms with Gasteiger partial charge in [0.2, 0.25) is 0 Å². The minimum atomic E-state index is -0.925. The molecular formula is C21H25NO3. The van der Waals surface area contributed by atoms with Crippen molar-refractivity contribution in [1.82, 2.24) is 5.32 Å². The van der Waals surface area contributed by atoms with Crippen LogP contribution in [-0.4, -0.2) is 16.8 Å². The van der Waals surface area contributed by atoms with Crippen LogP contribution in [0.4, 0.5) is 4.79 Å². The summed E-state index contributed by atoms with van der Waals surface area (Å²) >= 11 is 0. The van der Waals surface area contributed by atoms with E-state index in [9.17, 15) is 9.90 Å². The van der Waals surface area contributed by atoms with Crippen molar-refractivity contribution < 1.29 is 14.6 Å². The zero-order valence-corrected chi connectivity index (χ0v) is 14.4. The lowest BCUT2D eigenvalue weighted by Crippen LogP contribution is -2.47. The number of carbonyl (C=O) groups is 1. The smallest absolute Gasteiger partial charge is 0.408 e. The van der Waals surface area contributed by atoms with Gasteiger partial charge in [-0.3, -0.25) is 0 Å². The molecule has 1 amide bonds. The number of benzene rings is 2. The molecule has 1 saturated carbocycles. The van der Waals surface area contributed by atoms with Crippen molar-refractivity contribution in [3.8, 4) is 0 Å². The average Bonchev–Trinajstić information content (AvgIpc) is 2.66.